The number of aromatic nitrogens is 1. The molecule has 2 amide bonds. The molecule has 5 rings (SSSR count). The normalized spacial score (nSPS) is 14.5. The van der Waals surface area contributed by atoms with E-state index >= 15 is 0 Å². The molecule has 2 heterocycles. The number of nitrogens with zero attached hydrogens (tertiary/aromatic N) is 2. The summed E-state index contributed by atoms with van der Waals surface area (Å²) in [6.45, 7) is 0. The van der Waals surface area contributed by atoms with Crippen molar-refractivity contribution < 1.29 is 14.3 Å². The highest BCUT2D eigenvalue weighted by molar-refractivity contribution is 7.99. The Morgan fingerprint density at radius 1 is 0.921 bits per heavy atom. The molecule has 6 nitrogen and oxygen atoms in total. The van der Waals surface area contributed by atoms with Crippen molar-refractivity contribution in [3.8, 4) is 11.5 Å². The highest BCUT2D eigenvalue weighted by Gasteiger charge is 2.34. The van der Waals surface area contributed by atoms with Gasteiger partial charge in [-0.05, 0) is 79.0 Å². The van der Waals surface area contributed by atoms with E-state index in [1.807, 2.05) is 30.3 Å². The number of rotatable bonds is 6. The molecule has 1 saturated heterocycles. The Bertz CT molecular complexity index is 1580. The van der Waals surface area contributed by atoms with Crippen LogP contribution in [0.5, 0.6) is 11.5 Å². The van der Waals surface area contributed by atoms with Crippen LogP contribution in [-0.2, 0) is 9.59 Å². The smallest absolute Gasteiger partial charge is 0.270 e. The molecule has 188 valence electrons. The molecule has 1 N–H and O–H groups in total. The summed E-state index contributed by atoms with van der Waals surface area (Å²) in [6.07, 6.45) is 3.12. The number of benzene rings is 3. The third kappa shape index (κ3) is 5.74. The lowest BCUT2D eigenvalue weighted by Crippen LogP contribution is -2.54. The van der Waals surface area contributed by atoms with Crippen LogP contribution in [0, 0.1) is 0 Å². The molecule has 0 saturated carbocycles. The second kappa shape index (κ2) is 11.4. The van der Waals surface area contributed by atoms with Crippen LogP contribution in [0.2, 0.25) is 10.0 Å². The molecule has 1 fully saturated rings. The Hall–Kier alpha value is -3.69. The van der Waals surface area contributed by atoms with Crippen LogP contribution < -0.4 is 15.0 Å². The molecule has 4 aromatic rings. The molecule has 0 bridgehead atoms. The van der Waals surface area contributed by atoms with Gasteiger partial charge in [0, 0.05) is 21.7 Å². The van der Waals surface area contributed by atoms with Gasteiger partial charge < -0.3 is 4.74 Å². The second-order valence-corrected chi connectivity index (χ2v) is 10.2. The molecule has 0 atom stereocenters. The monoisotopic (exact) mass is 577 g/mol. The highest BCUT2D eigenvalue weighted by atomic mass is 35.5. The maximum atomic E-state index is 13.5. The predicted molar refractivity (Wildman–Crippen MR) is 154 cm³/mol. The molecule has 10 heteroatoms. The maximum absolute atomic E-state index is 13.5. The minimum absolute atomic E-state index is 0.0115. The van der Waals surface area contributed by atoms with E-state index in [1.165, 1.54) is 22.7 Å². The Kier molecular flexibility index (Phi) is 7.76. The third-order valence-corrected chi connectivity index (χ3v) is 7.43. The van der Waals surface area contributed by atoms with Crippen LogP contribution in [0.4, 0.5) is 5.69 Å². The molecule has 38 heavy (non-hydrogen) atoms. The molecular formula is C28H17Cl2N3O3S2. The van der Waals surface area contributed by atoms with Crippen molar-refractivity contribution in [1.82, 2.24) is 10.3 Å². The van der Waals surface area contributed by atoms with Crippen LogP contribution in [-0.4, -0.2) is 21.9 Å². The first-order valence-corrected chi connectivity index (χ1v) is 13.2. The Morgan fingerprint density at radius 3 is 2.39 bits per heavy atom. The average molecular weight is 579 g/mol. The van der Waals surface area contributed by atoms with Crippen LogP contribution in [0.3, 0.4) is 0 Å². The number of carbonyl (C=O) groups is 2. The molecule has 1 aliphatic rings. The van der Waals surface area contributed by atoms with E-state index in [9.17, 15) is 9.59 Å². The predicted octanol–water partition coefficient (Wildman–Crippen LogP) is 7.16. The van der Waals surface area contributed by atoms with Gasteiger partial charge in [0.2, 0.25) is 0 Å². The van der Waals surface area contributed by atoms with Gasteiger partial charge in [-0.1, -0.05) is 59.2 Å². The number of carbonyl (C=O) groups excluding carboxylic acids is 2. The van der Waals surface area contributed by atoms with Crippen molar-refractivity contribution >= 4 is 75.9 Å². The molecule has 3 aromatic carbocycles. The fourth-order valence-electron chi connectivity index (χ4n) is 3.60. The fraction of sp³-hybridized carbons (Fsp3) is 0. The van der Waals surface area contributed by atoms with Gasteiger partial charge in [0.1, 0.15) is 22.1 Å². The molecule has 0 aliphatic carbocycles. The molecular weight excluding hydrogens is 561 g/mol. The average Bonchev–Trinajstić information content (AvgIpc) is 2.90. The Balaban J connectivity index is 1.42. The standard InChI is InChI=1S/C28H17Cl2N3O3S2/c29-18-8-13-24(23(30)16-18)38-26-17(5-4-14-31-26)15-22-25(34)32-28(37)33(27(22)35)19-9-11-21(12-10-19)36-20-6-2-1-3-7-20/h1-16H,(H,32,34,37)/b22-15-. The lowest BCUT2D eigenvalue weighted by Gasteiger charge is -2.29. The van der Waals surface area contributed by atoms with Gasteiger partial charge in [0.05, 0.1) is 10.7 Å². The van der Waals surface area contributed by atoms with Gasteiger partial charge in [-0.15, -0.1) is 0 Å². The molecule has 0 radical (unpaired) electrons. The quantitative estimate of drug-likeness (QED) is 0.149. The summed E-state index contributed by atoms with van der Waals surface area (Å²) >= 11 is 19.0. The number of amides is 2. The minimum atomic E-state index is -0.593. The van der Waals surface area contributed by atoms with E-state index in [-0.39, 0.29) is 10.7 Å². The summed E-state index contributed by atoms with van der Waals surface area (Å²) in [6, 6.07) is 24.8. The van der Waals surface area contributed by atoms with Gasteiger partial charge in [-0.25, -0.2) is 4.98 Å². The molecule has 1 aromatic heterocycles. The van der Waals surface area contributed by atoms with Crippen LogP contribution in [0.1, 0.15) is 5.56 Å². The number of pyridine rings is 1. The summed E-state index contributed by atoms with van der Waals surface area (Å²) in [5.41, 5.74) is 0.974. The maximum Gasteiger partial charge on any atom is 0.270 e. The number of hydrogen-bond donors (Lipinski definition) is 1. The van der Waals surface area contributed by atoms with Gasteiger partial charge in [-0.2, -0.15) is 0 Å². The van der Waals surface area contributed by atoms with Crippen molar-refractivity contribution in [3.63, 3.8) is 0 Å². The van der Waals surface area contributed by atoms with Crippen LogP contribution in [0.25, 0.3) is 6.08 Å². The van der Waals surface area contributed by atoms with E-state index in [2.05, 4.69) is 10.3 Å². The van der Waals surface area contributed by atoms with Crippen LogP contribution >= 0.6 is 47.2 Å². The summed E-state index contributed by atoms with van der Waals surface area (Å²) in [4.78, 5) is 32.7. The van der Waals surface area contributed by atoms with Gasteiger partial charge >= 0.3 is 0 Å². The fourth-order valence-corrected chi connectivity index (χ4v) is 5.26. The first-order chi connectivity index (χ1) is 18.4. The Morgan fingerprint density at radius 2 is 1.66 bits per heavy atom. The second-order valence-electron chi connectivity index (χ2n) is 7.94. The lowest BCUT2D eigenvalue weighted by molar-refractivity contribution is -0.122. The third-order valence-electron chi connectivity index (χ3n) is 5.38. The van der Waals surface area contributed by atoms with E-state index in [1.54, 1.807) is 60.8 Å². The number of halogens is 2. The number of ether oxygens (including phenoxy) is 1. The molecule has 0 unspecified atom stereocenters. The number of hydrogen-bond acceptors (Lipinski definition) is 6. The van der Waals surface area contributed by atoms with E-state index in [0.717, 1.165) is 4.90 Å². The van der Waals surface area contributed by atoms with Gasteiger partial charge in [0.25, 0.3) is 11.8 Å². The number of nitrogens with one attached hydrogen (secondary N) is 1. The summed E-state index contributed by atoms with van der Waals surface area (Å²) in [7, 11) is 0. The van der Waals surface area contributed by atoms with Crippen molar-refractivity contribution in [2.45, 2.75) is 9.92 Å². The molecule has 1 aliphatic heterocycles. The largest absolute Gasteiger partial charge is 0.457 e. The summed E-state index contributed by atoms with van der Waals surface area (Å²) < 4.78 is 5.83. The first-order valence-electron chi connectivity index (χ1n) is 11.2. The number of thiocarbonyl (C=S) groups is 1. The first kappa shape index (κ1) is 25.9. The molecule has 0 spiro atoms. The van der Waals surface area contributed by atoms with Crippen molar-refractivity contribution in [1.29, 1.82) is 0 Å². The Labute approximate surface area is 238 Å². The zero-order valence-electron chi connectivity index (χ0n) is 19.4. The van der Waals surface area contributed by atoms with Crippen molar-refractivity contribution in [3.05, 3.63) is 112 Å². The summed E-state index contributed by atoms with van der Waals surface area (Å²) in [5, 5.41) is 4.14. The zero-order chi connectivity index (χ0) is 26.6. The summed E-state index contributed by atoms with van der Waals surface area (Å²) in [5.74, 6) is 0.129. The van der Waals surface area contributed by atoms with Gasteiger partial charge in [-0.3, -0.25) is 19.8 Å². The minimum Gasteiger partial charge on any atom is -0.457 e. The van der Waals surface area contributed by atoms with E-state index in [4.69, 9.17) is 40.2 Å². The lowest BCUT2D eigenvalue weighted by atomic mass is 10.1. The SMILES string of the molecule is O=C1NC(=S)N(c2ccc(Oc3ccccc3)cc2)C(=O)/C1=C\c1cccnc1Sc1ccc(Cl)cc1Cl. The van der Waals surface area contributed by atoms with Gasteiger partial charge in [0.15, 0.2) is 5.11 Å². The van der Waals surface area contributed by atoms with Crippen LogP contribution in [0.15, 0.2) is 107 Å². The highest BCUT2D eigenvalue weighted by Crippen LogP contribution is 2.36. The zero-order valence-corrected chi connectivity index (χ0v) is 22.6. The topological polar surface area (TPSA) is 71.5 Å². The number of para-hydroxylation sites is 1. The van der Waals surface area contributed by atoms with E-state index < -0.39 is 11.8 Å². The van der Waals surface area contributed by atoms with E-state index in [0.29, 0.717) is 37.8 Å². The van der Waals surface area contributed by atoms with Crippen molar-refractivity contribution in [2.75, 3.05) is 4.90 Å². The van der Waals surface area contributed by atoms with Crippen molar-refractivity contribution in [2.24, 2.45) is 0 Å². The number of anilines is 1.